The molecule has 0 aliphatic heterocycles. The van der Waals surface area contributed by atoms with Gasteiger partial charge in [-0.2, -0.15) is 0 Å². The van der Waals surface area contributed by atoms with Crippen molar-refractivity contribution < 1.29 is 17.9 Å². The highest BCUT2D eigenvalue weighted by molar-refractivity contribution is 7.93. The second kappa shape index (κ2) is 9.95. The van der Waals surface area contributed by atoms with Crippen molar-refractivity contribution in [1.82, 2.24) is 0 Å². The van der Waals surface area contributed by atoms with Gasteiger partial charge in [0.15, 0.2) is 0 Å². The van der Waals surface area contributed by atoms with Crippen LogP contribution in [0, 0.1) is 0 Å². The molecule has 7 heteroatoms. The predicted octanol–water partition coefficient (Wildman–Crippen LogP) is 4.56. The van der Waals surface area contributed by atoms with E-state index >= 15 is 0 Å². The smallest absolute Gasteiger partial charge is 0.266 e. The Labute approximate surface area is 182 Å². The zero-order valence-electron chi connectivity index (χ0n) is 17.4. The Morgan fingerprint density at radius 2 is 1.71 bits per heavy atom. The molecule has 1 amide bonds. The normalized spacial score (nSPS) is 11.3. The number of hydrogen-bond donors (Lipinski definition) is 1. The fourth-order valence-corrected chi connectivity index (χ4v) is 4.71. The average molecular weight is 437 g/mol. The third-order valence-corrected chi connectivity index (χ3v) is 6.53. The van der Waals surface area contributed by atoms with Crippen LogP contribution in [-0.4, -0.2) is 28.0 Å². The summed E-state index contributed by atoms with van der Waals surface area (Å²) in [5, 5.41) is 2.68. The zero-order valence-corrected chi connectivity index (χ0v) is 18.2. The van der Waals surface area contributed by atoms with Crippen LogP contribution in [0.3, 0.4) is 0 Å². The molecule has 0 radical (unpaired) electrons. The molecule has 160 valence electrons. The van der Waals surface area contributed by atoms with Crippen molar-refractivity contribution in [2.24, 2.45) is 0 Å². The third kappa shape index (κ3) is 5.32. The molecule has 31 heavy (non-hydrogen) atoms. The van der Waals surface area contributed by atoms with Crippen molar-refractivity contribution in [3.8, 4) is 5.75 Å². The van der Waals surface area contributed by atoms with Crippen molar-refractivity contribution in [2.45, 2.75) is 11.8 Å². The quantitative estimate of drug-likeness (QED) is 0.525. The molecule has 0 aliphatic rings. The summed E-state index contributed by atoms with van der Waals surface area (Å²) in [7, 11) is -2.31. The zero-order chi connectivity index (χ0) is 22.3. The van der Waals surface area contributed by atoms with E-state index in [2.05, 4.69) is 5.32 Å². The number of anilines is 2. The molecule has 0 saturated heterocycles. The van der Waals surface area contributed by atoms with Crippen molar-refractivity contribution in [3.63, 3.8) is 0 Å². The number of hydrogen-bond acceptors (Lipinski definition) is 4. The first-order valence-electron chi connectivity index (χ1n) is 9.75. The van der Waals surface area contributed by atoms with E-state index in [9.17, 15) is 13.2 Å². The lowest BCUT2D eigenvalue weighted by Gasteiger charge is -2.24. The van der Waals surface area contributed by atoms with Gasteiger partial charge in [-0.15, -0.1) is 0 Å². The van der Waals surface area contributed by atoms with Crippen LogP contribution < -0.4 is 14.4 Å². The van der Waals surface area contributed by atoms with Crippen molar-refractivity contribution in [3.05, 3.63) is 90.5 Å². The topological polar surface area (TPSA) is 75.7 Å². The van der Waals surface area contributed by atoms with Crippen LogP contribution >= 0.6 is 0 Å². The fourth-order valence-electron chi connectivity index (χ4n) is 3.09. The maximum Gasteiger partial charge on any atom is 0.266 e. The Bertz CT molecular complexity index is 1170. The highest BCUT2D eigenvalue weighted by Crippen LogP contribution is 2.28. The number of carbonyl (C=O) groups is 1. The Kier molecular flexibility index (Phi) is 7.10. The highest BCUT2D eigenvalue weighted by atomic mass is 32.2. The van der Waals surface area contributed by atoms with Crippen molar-refractivity contribution in [1.29, 1.82) is 0 Å². The molecule has 3 rings (SSSR count). The number of ether oxygens (including phenoxy) is 1. The van der Waals surface area contributed by atoms with Crippen LogP contribution in [0.15, 0.2) is 89.8 Å². The van der Waals surface area contributed by atoms with Gasteiger partial charge in [0.2, 0.25) is 5.91 Å². The van der Waals surface area contributed by atoms with E-state index < -0.39 is 15.9 Å². The summed E-state index contributed by atoms with van der Waals surface area (Å²) < 4.78 is 33.2. The van der Waals surface area contributed by atoms with Crippen LogP contribution in [0.4, 0.5) is 11.4 Å². The summed E-state index contributed by atoms with van der Waals surface area (Å²) >= 11 is 0. The van der Waals surface area contributed by atoms with Gasteiger partial charge < -0.3 is 10.1 Å². The van der Waals surface area contributed by atoms with Gasteiger partial charge in [0.05, 0.1) is 18.5 Å². The number of benzene rings is 3. The largest absolute Gasteiger partial charge is 0.497 e. The lowest BCUT2D eigenvalue weighted by molar-refractivity contribution is -0.111. The molecular formula is C24H24N2O4S. The number of sulfonamides is 1. The van der Waals surface area contributed by atoms with E-state index in [4.69, 9.17) is 4.74 Å². The minimum absolute atomic E-state index is 0.0313. The number of nitrogens with one attached hydrogen (secondary N) is 1. The van der Waals surface area contributed by atoms with Crippen LogP contribution in [0.2, 0.25) is 0 Å². The highest BCUT2D eigenvalue weighted by Gasteiger charge is 2.26. The molecule has 3 aromatic rings. The van der Waals surface area contributed by atoms with E-state index in [1.54, 1.807) is 68.6 Å². The molecule has 0 fully saturated rings. The van der Waals surface area contributed by atoms with E-state index in [-0.39, 0.29) is 17.1 Å². The molecule has 0 bridgehead atoms. The summed E-state index contributed by atoms with van der Waals surface area (Å²) in [4.78, 5) is 12.5. The molecule has 0 atom stereocenters. The summed E-state index contributed by atoms with van der Waals surface area (Å²) in [6, 6.07) is 22.5. The number of carbonyl (C=O) groups excluding carboxylic acids is 1. The van der Waals surface area contributed by atoms with Gasteiger partial charge in [-0.25, -0.2) is 8.42 Å². The number of amides is 1. The van der Waals surface area contributed by atoms with E-state index in [1.807, 2.05) is 24.3 Å². The number of methoxy groups -OCH3 is 1. The summed E-state index contributed by atoms with van der Waals surface area (Å²) in [6.45, 7) is 2.02. The second-order valence-electron chi connectivity index (χ2n) is 6.60. The van der Waals surface area contributed by atoms with Gasteiger partial charge >= 0.3 is 0 Å². The standard InChI is InChI=1S/C24H24N2O4S/c1-3-26(20-11-5-4-6-12-20)31(28,29)23-15-8-7-14-22(23)25-24(27)17-16-19-10-9-13-21(18-19)30-2/h4-18H,3H2,1-2H3,(H,25,27)/b17-16+. The monoisotopic (exact) mass is 436 g/mol. The van der Waals surface area contributed by atoms with Gasteiger partial charge in [-0.3, -0.25) is 9.10 Å². The van der Waals surface area contributed by atoms with Gasteiger partial charge in [0.25, 0.3) is 10.0 Å². The first-order chi connectivity index (χ1) is 15.0. The van der Waals surface area contributed by atoms with E-state index in [1.165, 1.54) is 16.4 Å². The first kappa shape index (κ1) is 22.1. The molecule has 6 nitrogen and oxygen atoms in total. The molecule has 0 unspecified atom stereocenters. The van der Waals surface area contributed by atoms with Gasteiger partial charge in [-0.1, -0.05) is 42.5 Å². The predicted molar refractivity (Wildman–Crippen MR) is 124 cm³/mol. The Balaban J connectivity index is 1.86. The maximum absolute atomic E-state index is 13.4. The number of nitrogens with zero attached hydrogens (tertiary/aromatic N) is 1. The molecule has 1 N–H and O–H groups in total. The maximum atomic E-state index is 13.4. The fraction of sp³-hybridized carbons (Fsp3) is 0.125. The second-order valence-corrected chi connectivity index (χ2v) is 8.43. The Morgan fingerprint density at radius 1 is 1.00 bits per heavy atom. The number of para-hydroxylation sites is 2. The van der Waals surface area contributed by atoms with Crippen molar-refractivity contribution in [2.75, 3.05) is 23.3 Å². The van der Waals surface area contributed by atoms with E-state index in [0.717, 1.165) is 5.56 Å². The summed E-state index contributed by atoms with van der Waals surface area (Å²) in [5.74, 6) is 0.243. The first-order valence-corrected chi connectivity index (χ1v) is 11.2. The van der Waals surface area contributed by atoms with Crippen molar-refractivity contribution >= 4 is 33.4 Å². The molecular weight excluding hydrogens is 412 g/mol. The minimum Gasteiger partial charge on any atom is -0.497 e. The third-order valence-electron chi connectivity index (χ3n) is 4.57. The van der Waals surface area contributed by atoms with Crippen LogP contribution in [0.5, 0.6) is 5.75 Å². The molecule has 0 aliphatic carbocycles. The SMILES string of the molecule is CCN(c1ccccc1)S(=O)(=O)c1ccccc1NC(=O)/C=C/c1cccc(OC)c1. The summed E-state index contributed by atoms with van der Waals surface area (Å²) in [5.41, 5.74) is 1.57. The Hall–Kier alpha value is -3.58. The lowest BCUT2D eigenvalue weighted by atomic mass is 10.2. The van der Waals surface area contributed by atoms with Crippen LogP contribution in [0.25, 0.3) is 6.08 Å². The lowest BCUT2D eigenvalue weighted by Crippen LogP contribution is -2.31. The Morgan fingerprint density at radius 3 is 2.42 bits per heavy atom. The number of rotatable bonds is 8. The minimum atomic E-state index is -3.88. The molecule has 3 aromatic carbocycles. The van der Waals surface area contributed by atoms with E-state index in [0.29, 0.717) is 11.4 Å². The molecule has 0 heterocycles. The van der Waals surface area contributed by atoms with Crippen LogP contribution in [0.1, 0.15) is 12.5 Å². The van der Waals surface area contributed by atoms with Crippen LogP contribution in [-0.2, 0) is 14.8 Å². The van der Waals surface area contributed by atoms with Gasteiger partial charge in [0.1, 0.15) is 10.6 Å². The molecule has 0 aromatic heterocycles. The molecule has 0 saturated carbocycles. The molecule has 0 spiro atoms. The van der Waals surface area contributed by atoms with Gasteiger partial charge in [-0.05, 0) is 55.0 Å². The van der Waals surface area contributed by atoms with Gasteiger partial charge in [0, 0.05) is 12.6 Å². The summed E-state index contributed by atoms with van der Waals surface area (Å²) in [6.07, 6.45) is 2.99. The average Bonchev–Trinajstić information content (AvgIpc) is 2.79.